The van der Waals surface area contributed by atoms with Crippen molar-refractivity contribution in [1.29, 1.82) is 0 Å². The number of hydrogen-bond donors (Lipinski definition) is 3. The number of quaternary nitrogens is 1. The monoisotopic (exact) mass is 184 g/mol. The summed E-state index contributed by atoms with van der Waals surface area (Å²) < 4.78 is 14.9. The van der Waals surface area contributed by atoms with Crippen molar-refractivity contribution < 1.29 is 29.2 Å². The van der Waals surface area contributed by atoms with Gasteiger partial charge >= 0.3 is 13.6 Å². The van der Waals surface area contributed by atoms with E-state index in [-0.39, 0.29) is 12.8 Å². The molecule has 4 N–H and O–H groups in total. The molecule has 0 aliphatic heterocycles. The molecule has 11 heavy (non-hydrogen) atoms. The van der Waals surface area contributed by atoms with E-state index in [1.807, 2.05) is 0 Å². The van der Waals surface area contributed by atoms with Gasteiger partial charge in [-0.1, -0.05) is 0 Å². The Hall–Kier alpha value is -0.420. The molecular weight excluding hydrogens is 173 g/mol. The van der Waals surface area contributed by atoms with Crippen LogP contribution in [0.3, 0.4) is 0 Å². The zero-order valence-corrected chi connectivity index (χ0v) is 6.95. The minimum Gasteiger partial charge on any atom is -0.477 e. The van der Waals surface area contributed by atoms with E-state index in [0.717, 1.165) is 7.11 Å². The number of nitrogens with two attached hydrogens (primary N) is 1. The van der Waals surface area contributed by atoms with Crippen LogP contribution in [-0.2, 0) is 13.9 Å². The maximum absolute atomic E-state index is 10.7. The van der Waals surface area contributed by atoms with E-state index in [1.165, 1.54) is 5.32 Å². The van der Waals surface area contributed by atoms with Crippen LogP contribution in [0.25, 0.3) is 0 Å². The predicted octanol–water partition coefficient (Wildman–Crippen LogP) is -1.58. The maximum atomic E-state index is 10.7. The minimum atomic E-state index is -3.55. The summed E-state index contributed by atoms with van der Waals surface area (Å²) in [7, 11) is -2.44. The number of hydrogen-bond acceptors (Lipinski definition) is 3. The Morgan fingerprint density at radius 3 is 2.64 bits per heavy atom. The lowest BCUT2D eigenvalue weighted by Crippen LogP contribution is -2.85. The Morgan fingerprint density at radius 1 is 1.73 bits per heavy atom. The summed E-state index contributed by atoms with van der Waals surface area (Å²) in [5.41, 5.74) is 0. The van der Waals surface area contributed by atoms with Crippen molar-refractivity contribution in [3.8, 4) is 0 Å². The van der Waals surface area contributed by atoms with Crippen molar-refractivity contribution >= 4 is 13.6 Å². The average Bonchev–Trinajstić information content (AvgIpc) is 1.87. The lowest BCUT2D eigenvalue weighted by atomic mass is 10.7. The quantitative estimate of drug-likeness (QED) is 0.448. The predicted molar refractivity (Wildman–Crippen MR) is 36.1 cm³/mol. The lowest BCUT2D eigenvalue weighted by molar-refractivity contribution is -0.630. The van der Waals surface area contributed by atoms with Gasteiger partial charge < -0.3 is 19.8 Å². The molecule has 0 aromatic heterocycles. The molecule has 0 heterocycles. The van der Waals surface area contributed by atoms with Gasteiger partial charge in [0.05, 0.1) is 0 Å². The van der Waals surface area contributed by atoms with Crippen LogP contribution < -0.4 is 5.32 Å². The third kappa shape index (κ3) is 6.00. The molecule has 0 aliphatic rings. The van der Waals surface area contributed by atoms with Crippen LogP contribution >= 0.6 is 7.60 Å². The van der Waals surface area contributed by atoms with Gasteiger partial charge in [-0.25, -0.2) is 4.79 Å². The van der Waals surface area contributed by atoms with Crippen LogP contribution in [0.5, 0.6) is 0 Å². The first-order valence-corrected chi connectivity index (χ1v) is 4.65. The highest BCUT2D eigenvalue weighted by Gasteiger charge is 2.19. The summed E-state index contributed by atoms with van der Waals surface area (Å²) in [5.74, 6) is -1.03. The van der Waals surface area contributed by atoms with E-state index in [9.17, 15) is 9.36 Å². The van der Waals surface area contributed by atoms with Crippen molar-refractivity contribution in [3.63, 3.8) is 0 Å². The molecule has 1 unspecified atom stereocenters. The van der Waals surface area contributed by atoms with Gasteiger partial charge in [-0.05, 0) is 0 Å². The zero-order valence-electron chi connectivity index (χ0n) is 6.06. The van der Waals surface area contributed by atoms with E-state index < -0.39 is 13.6 Å². The van der Waals surface area contributed by atoms with Gasteiger partial charge in [0.2, 0.25) is 0 Å². The summed E-state index contributed by atoms with van der Waals surface area (Å²) in [4.78, 5) is 18.7. The second-order valence-electron chi connectivity index (χ2n) is 1.89. The molecule has 0 aliphatic carbocycles. The fraction of sp³-hybridized carbons (Fsp3) is 0.750. The first-order valence-electron chi connectivity index (χ1n) is 2.89. The van der Waals surface area contributed by atoms with Gasteiger partial charge in [0.25, 0.3) is 0 Å². The molecule has 0 saturated heterocycles. The first-order chi connectivity index (χ1) is 4.98. The molecule has 0 amide bonds. The maximum Gasteiger partial charge on any atom is 0.381 e. The van der Waals surface area contributed by atoms with Gasteiger partial charge in [-0.2, -0.15) is 0 Å². The summed E-state index contributed by atoms with van der Waals surface area (Å²) in [5, 5.41) is 9.34. The van der Waals surface area contributed by atoms with Gasteiger partial charge in [-0.15, -0.1) is 0 Å². The van der Waals surface area contributed by atoms with Crippen LogP contribution in [0.15, 0.2) is 0 Å². The zero-order chi connectivity index (χ0) is 8.91. The van der Waals surface area contributed by atoms with Crippen molar-refractivity contribution in [2.75, 3.05) is 19.9 Å². The van der Waals surface area contributed by atoms with E-state index in [0.29, 0.717) is 0 Å². The number of rotatable bonds is 5. The largest absolute Gasteiger partial charge is 0.477 e. The molecule has 0 aromatic carbocycles. The summed E-state index contributed by atoms with van der Waals surface area (Å²) in [6, 6.07) is 0. The molecule has 1 atom stereocenters. The molecular formula is C4H11NO5P+. The molecule has 6 nitrogen and oxygen atoms in total. The van der Waals surface area contributed by atoms with Gasteiger partial charge in [0.15, 0.2) is 12.8 Å². The number of aliphatic carboxylic acids is 1. The van der Waals surface area contributed by atoms with E-state index in [1.54, 1.807) is 0 Å². The normalized spacial score (nSPS) is 15.8. The SMILES string of the molecule is COP(=O)(O)C[NH2+]CC(=O)O. The van der Waals surface area contributed by atoms with Crippen molar-refractivity contribution in [3.05, 3.63) is 0 Å². The summed E-state index contributed by atoms with van der Waals surface area (Å²) >= 11 is 0. The van der Waals surface area contributed by atoms with Crippen molar-refractivity contribution in [1.82, 2.24) is 0 Å². The van der Waals surface area contributed by atoms with Crippen LogP contribution in [-0.4, -0.2) is 35.9 Å². The Kier molecular flexibility index (Phi) is 4.29. The van der Waals surface area contributed by atoms with Gasteiger partial charge in [0, 0.05) is 7.11 Å². The van der Waals surface area contributed by atoms with Gasteiger partial charge in [-0.3, -0.25) is 4.57 Å². The molecule has 0 spiro atoms. The number of carbonyl (C=O) groups is 1. The molecule has 0 aromatic rings. The molecule has 66 valence electrons. The second-order valence-corrected chi connectivity index (χ2v) is 3.89. The Balaban J connectivity index is 3.54. The minimum absolute atomic E-state index is 0.226. The highest BCUT2D eigenvalue weighted by atomic mass is 31.2. The molecule has 0 fully saturated rings. The van der Waals surface area contributed by atoms with Crippen LogP contribution in [0.2, 0.25) is 0 Å². The molecule has 7 heteroatoms. The Labute approximate surface area is 63.7 Å². The first kappa shape index (κ1) is 10.6. The van der Waals surface area contributed by atoms with Crippen molar-refractivity contribution in [2.24, 2.45) is 0 Å². The summed E-state index contributed by atoms with van der Waals surface area (Å²) in [6.07, 6.45) is -0.226. The fourth-order valence-electron chi connectivity index (χ4n) is 0.426. The van der Waals surface area contributed by atoms with E-state index in [2.05, 4.69) is 4.52 Å². The summed E-state index contributed by atoms with van der Waals surface area (Å²) in [6.45, 7) is -0.228. The van der Waals surface area contributed by atoms with Crippen LogP contribution in [0, 0.1) is 0 Å². The van der Waals surface area contributed by atoms with E-state index >= 15 is 0 Å². The topological polar surface area (TPSA) is 100 Å². The number of carboxylic acids is 1. The molecule has 0 radical (unpaired) electrons. The number of carboxylic acid groups (broad SMARTS) is 1. The standard InChI is InChI=1S/C4H10NO5P/c1-10-11(8,9)3-5-2-4(6)7/h5H,2-3H2,1H3,(H,6,7)(H,8,9)/p+1. The molecule has 0 bridgehead atoms. The van der Waals surface area contributed by atoms with Gasteiger partial charge in [0.1, 0.15) is 0 Å². The fourth-order valence-corrected chi connectivity index (χ4v) is 1.03. The second kappa shape index (κ2) is 4.46. The highest BCUT2D eigenvalue weighted by molar-refractivity contribution is 7.52. The molecule has 0 saturated carbocycles. The molecule has 0 rings (SSSR count). The highest BCUT2D eigenvalue weighted by Crippen LogP contribution is 2.37. The average molecular weight is 184 g/mol. The lowest BCUT2D eigenvalue weighted by Gasteiger charge is -2.04. The smallest absolute Gasteiger partial charge is 0.381 e. The Morgan fingerprint density at radius 2 is 2.27 bits per heavy atom. The van der Waals surface area contributed by atoms with E-state index in [4.69, 9.17) is 10.00 Å². The van der Waals surface area contributed by atoms with Crippen molar-refractivity contribution in [2.45, 2.75) is 0 Å². The third-order valence-electron chi connectivity index (χ3n) is 0.964. The Bertz CT molecular complexity index is 181. The van der Waals surface area contributed by atoms with Crippen LogP contribution in [0.1, 0.15) is 0 Å². The third-order valence-corrected chi connectivity index (χ3v) is 2.25. The van der Waals surface area contributed by atoms with Crippen LogP contribution in [0.4, 0.5) is 0 Å².